The van der Waals surface area contributed by atoms with E-state index in [1.54, 1.807) is 0 Å². The van der Waals surface area contributed by atoms with Gasteiger partial charge in [0.25, 0.3) is 0 Å². The predicted molar refractivity (Wildman–Crippen MR) is 71.7 cm³/mol. The first-order valence-corrected chi connectivity index (χ1v) is 7.58. The van der Waals surface area contributed by atoms with Crippen molar-refractivity contribution in [3.8, 4) is 0 Å². The first-order valence-electron chi connectivity index (χ1n) is 6.59. The number of carboxylic acid groups (broad SMARTS) is 1. The molecule has 0 amide bonds. The van der Waals surface area contributed by atoms with Crippen molar-refractivity contribution in [1.82, 2.24) is 0 Å². The van der Waals surface area contributed by atoms with Crippen molar-refractivity contribution >= 4 is 22.8 Å². The number of rotatable bonds is 4. The molecule has 0 aromatic heterocycles. The number of nitrogens with zero attached hydrogens (tertiary/aromatic N) is 1. The quantitative estimate of drug-likeness (QED) is 0.838. The molecule has 3 nitrogen and oxygen atoms in total. The number of hydrogen-bond donors (Lipinski definition) is 1. The maximum Gasteiger partial charge on any atom is 0.305 e. The van der Waals surface area contributed by atoms with E-state index in [1.165, 1.54) is 37.1 Å². The molecule has 0 saturated heterocycles. The van der Waals surface area contributed by atoms with E-state index in [2.05, 4.69) is 6.92 Å². The number of aliphatic carboxylic acids is 1. The van der Waals surface area contributed by atoms with Gasteiger partial charge in [-0.15, -0.1) is 11.8 Å². The third kappa shape index (κ3) is 3.03. The highest BCUT2D eigenvalue weighted by Gasteiger charge is 2.38. The van der Waals surface area contributed by atoms with E-state index >= 15 is 0 Å². The Hall–Kier alpha value is -0.510. The summed E-state index contributed by atoms with van der Waals surface area (Å²) in [5, 5.41) is 10.2. The molecule has 2 rings (SSSR count). The second kappa shape index (κ2) is 5.42. The van der Waals surface area contributed by atoms with Crippen LogP contribution in [0.5, 0.6) is 0 Å². The zero-order valence-electron chi connectivity index (χ0n) is 10.4. The minimum atomic E-state index is -0.721. The monoisotopic (exact) mass is 255 g/mol. The molecular formula is C13H21NO2S. The minimum absolute atomic E-state index is 0.187. The summed E-state index contributed by atoms with van der Waals surface area (Å²) in [4.78, 5) is 15.7. The summed E-state index contributed by atoms with van der Waals surface area (Å²) in [5.74, 6) is 0.763. The molecule has 1 N–H and O–H groups in total. The Balaban J connectivity index is 2.06. The van der Waals surface area contributed by atoms with Crippen molar-refractivity contribution in [2.24, 2.45) is 10.9 Å². The molecule has 17 heavy (non-hydrogen) atoms. The topological polar surface area (TPSA) is 49.7 Å². The normalized spacial score (nSPS) is 30.3. The lowest BCUT2D eigenvalue weighted by atomic mass is 9.89. The van der Waals surface area contributed by atoms with Crippen molar-refractivity contribution in [2.45, 2.75) is 57.4 Å². The molecule has 0 spiro atoms. The van der Waals surface area contributed by atoms with E-state index in [9.17, 15) is 4.79 Å². The van der Waals surface area contributed by atoms with E-state index in [0.29, 0.717) is 5.92 Å². The van der Waals surface area contributed by atoms with E-state index in [0.717, 1.165) is 12.2 Å². The fourth-order valence-electron chi connectivity index (χ4n) is 2.74. The van der Waals surface area contributed by atoms with Gasteiger partial charge in [-0.05, 0) is 19.3 Å². The summed E-state index contributed by atoms with van der Waals surface area (Å²) in [6, 6.07) is 0. The lowest BCUT2D eigenvalue weighted by Crippen LogP contribution is -2.29. The molecule has 0 radical (unpaired) electrons. The number of carboxylic acids is 1. The fraction of sp³-hybridized carbons (Fsp3) is 0.846. The molecule has 2 aliphatic rings. The van der Waals surface area contributed by atoms with Gasteiger partial charge in [0, 0.05) is 11.7 Å². The molecule has 4 heteroatoms. The molecule has 1 aliphatic carbocycles. The van der Waals surface area contributed by atoms with Crippen LogP contribution in [-0.4, -0.2) is 27.4 Å². The van der Waals surface area contributed by atoms with Crippen LogP contribution in [-0.2, 0) is 4.79 Å². The van der Waals surface area contributed by atoms with Crippen molar-refractivity contribution in [1.29, 1.82) is 0 Å². The predicted octanol–water partition coefficient (Wildman–Crippen LogP) is 3.34. The molecule has 0 aromatic carbocycles. The molecule has 1 saturated carbocycles. The second-order valence-electron chi connectivity index (χ2n) is 5.22. The van der Waals surface area contributed by atoms with Crippen molar-refractivity contribution in [2.75, 3.05) is 5.75 Å². The number of thioether (sulfide) groups is 1. The highest BCUT2D eigenvalue weighted by Crippen LogP contribution is 2.39. The summed E-state index contributed by atoms with van der Waals surface area (Å²) >= 11 is 1.81. The van der Waals surface area contributed by atoms with Crippen molar-refractivity contribution < 1.29 is 9.90 Å². The molecule has 1 fully saturated rings. The van der Waals surface area contributed by atoms with Gasteiger partial charge in [0.15, 0.2) is 0 Å². The highest BCUT2D eigenvalue weighted by atomic mass is 32.2. The van der Waals surface area contributed by atoms with Crippen LogP contribution >= 0.6 is 11.8 Å². The van der Waals surface area contributed by atoms with Gasteiger partial charge in [-0.3, -0.25) is 9.79 Å². The van der Waals surface area contributed by atoms with E-state index in [-0.39, 0.29) is 12.0 Å². The molecular weight excluding hydrogens is 234 g/mol. The van der Waals surface area contributed by atoms with Gasteiger partial charge < -0.3 is 5.11 Å². The van der Waals surface area contributed by atoms with Crippen molar-refractivity contribution in [3.05, 3.63) is 0 Å². The Labute approximate surface area is 107 Å². The van der Waals surface area contributed by atoms with Crippen LogP contribution in [0.15, 0.2) is 4.99 Å². The Morgan fingerprint density at radius 1 is 1.47 bits per heavy atom. The molecule has 1 atom stereocenters. The minimum Gasteiger partial charge on any atom is -0.481 e. The van der Waals surface area contributed by atoms with Crippen LogP contribution in [0, 0.1) is 5.92 Å². The molecule has 0 bridgehead atoms. The van der Waals surface area contributed by atoms with Gasteiger partial charge in [0.2, 0.25) is 0 Å². The van der Waals surface area contributed by atoms with Gasteiger partial charge >= 0.3 is 5.97 Å². The largest absolute Gasteiger partial charge is 0.481 e. The zero-order valence-corrected chi connectivity index (χ0v) is 11.3. The standard InChI is InChI=1S/C13H21NO2S/c1-2-13(8-11(15)16)9-17-12(14-13)10-6-4-3-5-7-10/h10H,2-9H2,1H3,(H,15,16). The Kier molecular flexibility index (Phi) is 4.13. The number of hydrogen-bond acceptors (Lipinski definition) is 3. The van der Waals surface area contributed by atoms with E-state index in [4.69, 9.17) is 10.1 Å². The SMILES string of the molecule is CCC1(CC(=O)O)CSC(C2CCCCC2)=N1. The summed E-state index contributed by atoms with van der Waals surface area (Å²) < 4.78 is 0. The fourth-order valence-corrected chi connectivity index (χ4v) is 4.26. The molecule has 1 heterocycles. The molecule has 96 valence electrons. The van der Waals surface area contributed by atoms with Crippen LogP contribution in [0.3, 0.4) is 0 Å². The molecule has 1 unspecified atom stereocenters. The third-order valence-electron chi connectivity index (χ3n) is 3.93. The van der Waals surface area contributed by atoms with Crippen LogP contribution in [0.1, 0.15) is 51.9 Å². The summed E-state index contributed by atoms with van der Waals surface area (Å²) in [6.07, 6.45) is 7.49. The van der Waals surface area contributed by atoms with E-state index < -0.39 is 5.97 Å². The maximum absolute atomic E-state index is 10.9. The van der Waals surface area contributed by atoms with E-state index in [1.807, 2.05) is 11.8 Å². The molecule has 1 aliphatic heterocycles. The van der Waals surface area contributed by atoms with Crippen LogP contribution in [0.4, 0.5) is 0 Å². The average Bonchev–Trinajstić information content (AvgIpc) is 2.74. The first-order chi connectivity index (χ1) is 8.15. The van der Waals surface area contributed by atoms with Crippen LogP contribution < -0.4 is 0 Å². The summed E-state index contributed by atoms with van der Waals surface area (Å²) in [5.41, 5.74) is -0.316. The first kappa shape index (κ1) is 12.9. The lowest BCUT2D eigenvalue weighted by molar-refractivity contribution is -0.138. The van der Waals surface area contributed by atoms with Crippen LogP contribution in [0.2, 0.25) is 0 Å². The lowest BCUT2D eigenvalue weighted by Gasteiger charge is -2.22. The van der Waals surface area contributed by atoms with Gasteiger partial charge in [-0.1, -0.05) is 26.2 Å². The smallest absolute Gasteiger partial charge is 0.305 e. The van der Waals surface area contributed by atoms with Crippen molar-refractivity contribution in [3.63, 3.8) is 0 Å². The van der Waals surface area contributed by atoms with Gasteiger partial charge in [-0.2, -0.15) is 0 Å². The Morgan fingerprint density at radius 2 is 2.18 bits per heavy atom. The third-order valence-corrected chi connectivity index (χ3v) is 5.33. The summed E-state index contributed by atoms with van der Waals surface area (Å²) in [6.45, 7) is 2.05. The van der Waals surface area contributed by atoms with Gasteiger partial charge in [0.1, 0.15) is 0 Å². The second-order valence-corrected chi connectivity index (χ2v) is 6.22. The number of carbonyl (C=O) groups is 1. The van der Waals surface area contributed by atoms with Gasteiger partial charge in [0.05, 0.1) is 17.0 Å². The average molecular weight is 255 g/mol. The maximum atomic E-state index is 10.9. The molecule has 0 aromatic rings. The van der Waals surface area contributed by atoms with Gasteiger partial charge in [-0.25, -0.2) is 0 Å². The summed E-state index contributed by atoms with van der Waals surface area (Å²) in [7, 11) is 0. The number of aliphatic imine (C=N–C) groups is 1. The Morgan fingerprint density at radius 3 is 2.76 bits per heavy atom. The zero-order chi connectivity index (χ0) is 12.3. The highest BCUT2D eigenvalue weighted by molar-refractivity contribution is 8.14. The van der Waals surface area contributed by atoms with Crippen LogP contribution in [0.25, 0.3) is 0 Å². The Bertz CT molecular complexity index is 323.